The molecule has 2 aromatic heterocycles. The van der Waals surface area contributed by atoms with Gasteiger partial charge in [-0.2, -0.15) is 0 Å². The lowest BCUT2D eigenvalue weighted by Gasteiger charge is -2.44. The van der Waals surface area contributed by atoms with Crippen molar-refractivity contribution in [2.24, 2.45) is 0 Å². The second-order valence-electron chi connectivity index (χ2n) is 9.95. The van der Waals surface area contributed by atoms with Crippen molar-refractivity contribution in [1.82, 2.24) is 14.8 Å². The Balaban J connectivity index is 1.49. The summed E-state index contributed by atoms with van der Waals surface area (Å²) in [6.07, 6.45) is 8.14. The van der Waals surface area contributed by atoms with Crippen LogP contribution >= 0.6 is 11.3 Å². The topological polar surface area (TPSA) is 54.3 Å². The molecule has 0 bridgehead atoms. The molecule has 2 aliphatic rings. The molecule has 174 valence electrons. The number of nitrogens with zero attached hydrogens (tertiary/aromatic N) is 2. The lowest BCUT2D eigenvalue weighted by Crippen LogP contribution is -2.64. The van der Waals surface area contributed by atoms with Crippen molar-refractivity contribution < 1.29 is 9.59 Å². The lowest BCUT2D eigenvalue weighted by atomic mass is 9.91. The van der Waals surface area contributed by atoms with Gasteiger partial charge in [0.2, 0.25) is 5.91 Å². The monoisotopic (exact) mass is 463 g/mol. The summed E-state index contributed by atoms with van der Waals surface area (Å²) in [6.45, 7) is 4.89. The fraction of sp³-hybridized carbons (Fsp3) is 0.481. The standard InChI is InChI=1S/C27H33N3O2S/c1-19-10-12-20(13-11-19)17-30-25(31)23-16-24-22(14-15-33-24)29(23)18-27(30,2)26(32)28-21-8-6-4-3-5-7-9-21/h10-16,21H,3-9,17-18H2,1-2H3,(H,28,32). The van der Waals surface area contributed by atoms with Crippen molar-refractivity contribution >= 4 is 33.4 Å². The third kappa shape index (κ3) is 4.21. The summed E-state index contributed by atoms with van der Waals surface area (Å²) in [7, 11) is 0. The number of rotatable bonds is 4. The van der Waals surface area contributed by atoms with Crippen LogP contribution in [-0.4, -0.2) is 32.9 Å². The molecule has 5 rings (SSSR count). The Morgan fingerprint density at radius 1 is 1.09 bits per heavy atom. The van der Waals surface area contributed by atoms with Gasteiger partial charge in [-0.3, -0.25) is 9.59 Å². The molecule has 1 atom stereocenters. The van der Waals surface area contributed by atoms with Crippen molar-refractivity contribution in [3.8, 4) is 0 Å². The number of aryl methyl sites for hydroxylation is 1. The fourth-order valence-electron chi connectivity index (χ4n) is 5.34. The molecule has 0 spiro atoms. The predicted molar refractivity (Wildman–Crippen MR) is 134 cm³/mol. The lowest BCUT2D eigenvalue weighted by molar-refractivity contribution is -0.134. The molecule has 6 heteroatoms. The molecule has 1 fully saturated rings. The SMILES string of the molecule is Cc1ccc(CN2C(=O)c3cc4sccc4n3CC2(C)C(=O)NC2CCCCCCC2)cc1. The van der Waals surface area contributed by atoms with Crippen LogP contribution in [0.2, 0.25) is 0 Å². The summed E-state index contributed by atoms with van der Waals surface area (Å²) in [6, 6.07) is 12.5. The summed E-state index contributed by atoms with van der Waals surface area (Å²) in [5.74, 6) is -0.100. The first kappa shape index (κ1) is 22.2. The molecule has 3 heterocycles. The smallest absolute Gasteiger partial charge is 0.271 e. The molecule has 0 radical (unpaired) electrons. The molecule has 1 aliphatic heterocycles. The maximum Gasteiger partial charge on any atom is 0.271 e. The van der Waals surface area contributed by atoms with E-state index >= 15 is 0 Å². The second kappa shape index (κ2) is 8.98. The third-order valence-corrected chi connectivity index (χ3v) is 8.29. The van der Waals surface area contributed by atoms with Crippen LogP contribution in [0.4, 0.5) is 0 Å². The van der Waals surface area contributed by atoms with E-state index in [1.165, 1.54) is 24.8 Å². The molecule has 3 aromatic rings. The first-order chi connectivity index (χ1) is 16.0. The van der Waals surface area contributed by atoms with Crippen LogP contribution in [0.5, 0.6) is 0 Å². The molecule has 1 aliphatic carbocycles. The van der Waals surface area contributed by atoms with E-state index in [-0.39, 0.29) is 17.9 Å². The number of hydrogen-bond donors (Lipinski definition) is 1. The number of aromatic nitrogens is 1. The molecule has 1 N–H and O–H groups in total. The highest BCUT2D eigenvalue weighted by Gasteiger charge is 2.48. The number of thiophene rings is 1. The zero-order valence-corrected chi connectivity index (χ0v) is 20.4. The van der Waals surface area contributed by atoms with Crippen molar-refractivity contribution in [3.63, 3.8) is 0 Å². The van der Waals surface area contributed by atoms with Gasteiger partial charge in [-0.25, -0.2) is 0 Å². The number of benzene rings is 1. The minimum absolute atomic E-state index is 0.0312. The Bertz CT molecular complexity index is 1150. The number of carbonyl (C=O) groups excluding carboxylic acids is 2. The third-order valence-electron chi connectivity index (χ3n) is 7.44. The molecule has 2 amide bonds. The minimum atomic E-state index is -0.953. The zero-order chi connectivity index (χ0) is 23.0. The highest BCUT2D eigenvalue weighted by molar-refractivity contribution is 7.17. The summed E-state index contributed by atoms with van der Waals surface area (Å²) >= 11 is 1.64. The van der Waals surface area contributed by atoms with Gasteiger partial charge in [0.05, 0.1) is 16.8 Å². The number of carbonyl (C=O) groups is 2. The second-order valence-corrected chi connectivity index (χ2v) is 10.9. The number of fused-ring (bicyclic) bond motifs is 3. The van der Waals surface area contributed by atoms with E-state index in [1.54, 1.807) is 16.2 Å². The van der Waals surface area contributed by atoms with Crippen molar-refractivity contribution in [2.45, 2.75) is 83.5 Å². The maximum absolute atomic E-state index is 13.9. The van der Waals surface area contributed by atoms with Gasteiger partial charge >= 0.3 is 0 Å². The Morgan fingerprint density at radius 3 is 2.52 bits per heavy atom. The van der Waals surface area contributed by atoms with Gasteiger partial charge in [0, 0.05) is 12.6 Å². The molecule has 5 nitrogen and oxygen atoms in total. The van der Waals surface area contributed by atoms with E-state index in [9.17, 15) is 9.59 Å². The first-order valence-electron chi connectivity index (χ1n) is 12.2. The zero-order valence-electron chi connectivity index (χ0n) is 19.6. The van der Waals surface area contributed by atoms with Crippen LogP contribution in [0.3, 0.4) is 0 Å². The normalized spacial score (nSPS) is 22.1. The van der Waals surface area contributed by atoms with Crippen LogP contribution in [0.15, 0.2) is 41.8 Å². The van der Waals surface area contributed by atoms with Crippen LogP contribution in [0, 0.1) is 6.92 Å². The van der Waals surface area contributed by atoms with Gasteiger partial charge in [0.25, 0.3) is 5.91 Å². The van der Waals surface area contributed by atoms with Crippen LogP contribution in [0.25, 0.3) is 10.2 Å². The molecule has 0 saturated heterocycles. The van der Waals surface area contributed by atoms with Crippen molar-refractivity contribution in [3.05, 3.63) is 58.6 Å². The summed E-state index contributed by atoms with van der Waals surface area (Å²) in [5, 5.41) is 5.41. The van der Waals surface area contributed by atoms with Gasteiger partial charge in [-0.1, -0.05) is 61.9 Å². The Labute approximate surface area is 199 Å². The van der Waals surface area contributed by atoms with Crippen molar-refractivity contribution in [1.29, 1.82) is 0 Å². The first-order valence-corrected chi connectivity index (χ1v) is 13.1. The van der Waals surface area contributed by atoms with E-state index in [2.05, 4.69) is 47.1 Å². The van der Waals surface area contributed by atoms with Gasteiger partial charge < -0.3 is 14.8 Å². The Kier molecular flexibility index (Phi) is 6.04. The molecule has 1 aromatic carbocycles. The highest BCUT2D eigenvalue weighted by Crippen LogP contribution is 2.35. The largest absolute Gasteiger partial charge is 0.351 e. The summed E-state index contributed by atoms with van der Waals surface area (Å²) in [4.78, 5) is 29.5. The van der Waals surface area contributed by atoms with Crippen LogP contribution < -0.4 is 5.32 Å². The van der Waals surface area contributed by atoms with Crippen molar-refractivity contribution in [2.75, 3.05) is 0 Å². The summed E-state index contributed by atoms with van der Waals surface area (Å²) in [5.41, 5.74) is 3.00. The van der Waals surface area contributed by atoms with E-state index in [4.69, 9.17) is 0 Å². The molecular weight excluding hydrogens is 430 g/mol. The Morgan fingerprint density at radius 2 is 1.79 bits per heavy atom. The minimum Gasteiger partial charge on any atom is -0.351 e. The van der Waals surface area contributed by atoms with Gasteiger partial charge in [0.15, 0.2) is 0 Å². The predicted octanol–water partition coefficient (Wildman–Crippen LogP) is 5.66. The molecule has 33 heavy (non-hydrogen) atoms. The molecular formula is C27H33N3O2S. The van der Waals surface area contributed by atoms with E-state index in [1.807, 2.05) is 18.4 Å². The highest BCUT2D eigenvalue weighted by atomic mass is 32.1. The molecule has 1 unspecified atom stereocenters. The average Bonchev–Trinajstić information content (AvgIpc) is 3.36. The summed E-state index contributed by atoms with van der Waals surface area (Å²) < 4.78 is 3.15. The number of hydrogen-bond acceptors (Lipinski definition) is 3. The maximum atomic E-state index is 13.9. The fourth-order valence-corrected chi connectivity index (χ4v) is 6.16. The molecule has 1 saturated carbocycles. The Hall–Kier alpha value is -2.60. The van der Waals surface area contributed by atoms with Crippen LogP contribution in [0.1, 0.15) is 73.5 Å². The average molecular weight is 464 g/mol. The van der Waals surface area contributed by atoms with Gasteiger partial charge in [0.1, 0.15) is 11.2 Å². The number of amides is 2. The van der Waals surface area contributed by atoms with Gasteiger partial charge in [-0.05, 0) is 49.8 Å². The van der Waals surface area contributed by atoms with E-state index < -0.39 is 5.54 Å². The van der Waals surface area contributed by atoms with E-state index in [0.29, 0.717) is 18.8 Å². The van der Waals surface area contributed by atoms with Gasteiger partial charge in [-0.15, -0.1) is 11.3 Å². The van der Waals surface area contributed by atoms with Crippen LogP contribution in [-0.2, 0) is 17.9 Å². The quantitative estimate of drug-likeness (QED) is 0.543. The number of nitrogens with one attached hydrogen (secondary N) is 1. The van der Waals surface area contributed by atoms with E-state index in [0.717, 1.165) is 41.5 Å².